The topological polar surface area (TPSA) is 60.2 Å². The number of halogens is 3. The number of carbonyl (C=O) groups is 2. The molecule has 1 atom stereocenters. The summed E-state index contributed by atoms with van der Waals surface area (Å²) in [7, 11) is 0. The first kappa shape index (κ1) is 13.2. The highest BCUT2D eigenvalue weighted by Crippen LogP contribution is 2.35. The number of hydrogen-bond donors (Lipinski definition) is 1. The van der Waals surface area contributed by atoms with Crippen molar-refractivity contribution in [1.82, 2.24) is 0 Å². The van der Waals surface area contributed by atoms with Crippen LogP contribution in [0.25, 0.3) is 0 Å². The van der Waals surface area contributed by atoms with E-state index >= 15 is 0 Å². The van der Waals surface area contributed by atoms with Gasteiger partial charge in [0.25, 0.3) is 0 Å². The minimum Gasteiger partial charge on any atom is -0.369 e. The van der Waals surface area contributed by atoms with Gasteiger partial charge in [0.15, 0.2) is 0 Å². The number of alkyl halides is 3. The van der Waals surface area contributed by atoms with Gasteiger partial charge < -0.3 is 5.73 Å². The van der Waals surface area contributed by atoms with Gasteiger partial charge in [-0.25, -0.2) is 0 Å². The minimum absolute atomic E-state index is 0.403. The van der Waals surface area contributed by atoms with Crippen molar-refractivity contribution in [2.75, 3.05) is 0 Å². The van der Waals surface area contributed by atoms with E-state index in [1.165, 1.54) is 12.1 Å². The third kappa shape index (κ3) is 2.83. The Bertz CT molecular complexity index is 440. The Morgan fingerprint density at radius 3 is 2.18 bits per heavy atom. The maximum atomic E-state index is 12.7. The lowest BCUT2D eigenvalue weighted by Crippen LogP contribution is -2.28. The Balaban J connectivity index is 3.39. The molecular formula is C11H10F3NO2. The molecule has 6 heteroatoms. The highest BCUT2D eigenvalue weighted by molar-refractivity contribution is 6.05. The van der Waals surface area contributed by atoms with Crippen LogP contribution in [0.3, 0.4) is 0 Å². The van der Waals surface area contributed by atoms with E-state index in [0.717, 1.165) is 19.1 Å². The SMILES string of the molecule is CC(=O)C(C(N)=O)c1ccccc1C(F)(F)F. The number of carbonyl (C=O) groups excluding carboxylic acids is 2. The molecule has 1 amide bonds. The number of nitrogens with two attached hydrogens (primary N) is 1. The van der Waals surface area contributed by atoms with Gasteiger partial charge in [-0.05, 0) is 18.6 Å². The van der Waals surface area contributed by atoms with E-state index in [9.17, 15) is 22.8 Å². The molecule has 1 unspecified atom stereocenters. The number of amides is 1. The van der Waals surface area contributed by atoms with Crippen LogP contribution in [0.15, 0.2) is 24.3 Å². The maximum Gasteiger partial charge on any atom is 0.416 e. The van der Waals surface area contributed by atoms with Crippen LogP contribution in [0, 0.1) is 0 Å². The van der Waals surface area contributed by atoms with Crippen LogP contribution >= 0.6 is 0 Å². The summed E-state index contributed by atoms with van der Waals surface area (Å²) in [5, 5.41) is 0. The Labute approximate surface area is 95.4 Å². The number of Topliss-reactive ketones (excluding diaryl/α,β-unsaturated/α-hetero) is 1. The zero-order valence-electron chi connectivity index (χ0n) is 8.91. The van der Waals surface area contributed by atoms with Crippen molar-refractivity contribution in [2.45, 2.75) is 19.0 Å². The second kappa shape index (κ2) is 4.57. The Kier molecular flexibility index (Phi) is 3.55. The van der Waals surface area contributed by atoms with Gasteiger partial charge in [0.1, 0.15) is 11.7 Å². The number of rotatable bonds is 3. The number of benzene rings is 1. The fourth-order valence-electron chi connectivity index (χ4n) is 1.58. The van der Waals surface area contributed by atoms with Gasteiger partial charge in [-0.1, -0.05) is 18.2 Å². The molecule has 0 radical (unpaired) electrons. The third-order valence-electron chi connectivity index (χ3n) is 2.27. The lowest BCUT2D eigenvalue weighted by Gasteiger charge is -2.16. The lowest BCUT2D eigenvalue weighted by atomic mass is 9.90. The zero-order valence-corrected chi connectivity index (χ0v) is 8.91. The predicted molar refractivity (Wildman–Crippen MR) is 54.1 cm³/mol. The quantitative estimate of drug-likeness (QED) is 0.826. The molecule has 0 saturated carbocycles. The molecule has 2 N–H and O–H groups in total. The molecule has 0 fully saturated rings. The average Bonchev–Trinajstić information content (AvgIpc) is 2.15. The molecule has 1 rings (SSSR count). The van der Waals surface area contributed by atoms with Gasteiger partial charge in [-0.3, -0.25) is 9.59 Å². The molecule has 0 aliphatic rings. The van der Waals surface area contributed by atoms with E-state index in [1.807, 2.05) is 0 Å². The summed E-state index contributed by atoms with van der Waals surface area (Å²) in [5.41, 5.74) is 3.54. The fraction of sp³-hybridized carbons (Fsp3) is 0.273. The van der Waals surface area contributed by atoms with Crippen molar-refractivity contribution in [1.29, 1.82) is 0 Å². The maximum absolute atomic E-state index is 12.7. The van der Waals surface area contributed by atoms with Crippen LogP contribution in [0.1, 0.15) is 24.0 Å². The molecule has 92 valence electrons. The van der Waals surface area contributed by atoms with Gasteiger partial charge >= 0.3 is 6.18 Å². The van der Waals surface area contributed by atoms with E-state index in [2.05, 4.69) is 0 Å². The van der Waals surface area contributed by atoms with E-state index < -0.39 is 34.9 Å². The number of primary amides is 1. The zero-order chi connectivity index (χ0) is 13.2. The van der Waals surface area contributed by atoms with Crippen LogP contribution in [0.5, 0.6) is 0 Å². The summed E-state index contributed by atoms with van der Waals surface area (Å²) in [6.45, 7) is 1.03. The largest absolute Gasteiger partial charge is 0.416 e. The molecule has 0 spiro atoms. The van der Waals surface area contributed by atoms with Gasteiger partial charge in [0, 0.05) is 0 Å². The Morgan fingerprint density at radius 1 is 1.24 bits per heavy atom. The smallest absolute Gasteiger partial charge is 0.369 e. The number of ketones is 1. The molecule has 0 aliphatic carbocycles. The molecule has 0 saturated heterocycles. The van der Waals surface area contributed by atoms with Crippen molar-refractivity contribution in [3.8, 4) is 0 Å². The summed E-state index contributed by atoms with van der Waals surface area (Å²) in [6.07, 6.45) is -4.63. The first-order chi connectivity index (χ1) is 7.75. The van der Waals surface area contributed by atoms with Crippen LogP contribution in [0.4, 0.5) is 13.2 Å². The third-order valence-corrected chi connectivity index (χ3v) is 2.27. The normalized spacial score (nSPS) is 13.2. The van der Waals surface area contributed by atoms with E-state index in [0.29, 0.717) is 0 Å². The standard InChI is InChI=1S/C11H10F3NO2/c1-6(16)9(10(15)17)7-4-2-3-5-8(7)11(12,13)14/h2-5,9H,1H3,(H2,15,17). The molecule has 0 bridgehead atoms. The highest BCUT2D eigenvalue weighted by atomic mass is 19.4. The molecule has 0 heterocycles. The summed E-state index contributed by atoms with van der Waals surface area (Å²) in [6, 6.07) is 4.40. The first-order valence-corrected chi connectivity index (χ1v) is 4.71. The van der Waals surface area contributed by atoms with Gasteiger partial charge in [-0.2, -0.15) is 13.2 Å². The van der Waals surface area contributed by atoms with E-state index in [4.69, 9.17) is 5.73 Å². The number of hydrogen-bond acceptors (Lipinski definition) is 2. The Morgan fingerprint density at radius 2 is 1.76 bits per heavy atom. The van der Waals surface area contributed by atoms with Crippen molar-refractivity contribution in [3.63, 3.8) is 0 Å². The van der Waals surface area contributed by atoms with Gasteiger partial charge in [0.2, 0.25) is 5.91 Å². The molecule has 1 aromatic carbocycles. The summed E-state index contributed by atoms with van der Waals surface area (Å²) in [4.78, 5) is 22.3. The lowest BCUT2D eigenvalue weighted by molar-refractivity contribution is -0.139. The van der Waals surface area contributed by atoms with E-state index in [1.54, 1.807) is 0 Å². The molecule has 17 heavy (non-hydrogen) atoms. The second-order valence-electron chi connectivity index (χ2n) is 3.53. The van der Waals surface area contributed by atoms with E-state index in [-0.39, 0.29) is 0 Å². The van der Waals surface area contributed by atoms with Crippen molar-refractivity contribution >= 4 is 11.7 Å². The summed E-state index contributed by atoms with van der Waals surface area (Å²) in [5.74, 6) is -3.36. The minimum atomic E-state index is -4.63. The van der Waals surface area contributed by atoms with Gasteiger partial charge in [0.05, 0.1) is 5.56 Å². The van der Waals surface area contributed by atoms with Crippen molar-refractivity contribution in [2.24, 2.45) is 5.73 Å². The average molecular weight is 245 g/mol. The van der Waals surface area contributed by atoms with Crippen LogP contribution < -0.4 is 5.73 Å². The fourth-order valence-corrected chi connectivity index (χ4v) is 1.58. The Hall–Kier alpha value is -1.85. The second-order valence-corrected chi connectivity index (χ2v) is 3.53. The first-order valence-electron chi connectivity index (χ1n) is 4.71. The highest BCUT2D eigenvalue weighted by Gasteiger charge is 2.37. The molecular weight excluding hydrogens is 235 g/mol. The van der Waals surface area contributed by atoms with Gasteiger partial charge in [-0.15, -0.1) is 0 Å². The molecule has 0 aromatic heterocycles. The van der Waals surface area contributed by atoms with Crippen LogP contribution in [-0.4, -0.2) is 11.7 Å². The van der Waals surface area contributed by atoms with Crippen LogP contribution in [-0.2, 0) is 15.8 Å². The summed E-state index contributed by atoms with van der Waals surface area (Å²) < 4.78 is 38.0. The summed E-state index contributed by atoms with van der Waals surface area (Å²) >= 11 is 0. The molecule has 1 aromatic rings. The van der Waals surface area contributed by atoms with Crippen molar-refractivity contribution in [3.05, 3.63) is 35.4 Å². The van der Waals surface area contributed by atoms with Crippen LogP contribution in [0.2, 0.25) is 0 Å². The predicted octanol–water partition coefficient (Wildman–Crippen LogP) is 1.86. The molecule has 3 nitrogen and oxygen atoms in total. The van der Waals surface area contributed by atoms with Crippen molar-refractivity contribution < 1.29 is 22.8 Å². The monoisotopic (exact) mass is 245 g/mol. The molecule has 0 aliphatic heterocycles.